The lowest BCUT2D eigenvalue weighted by Crippen LogP contribution is -2.37. The molecule has 7 nitrogen and oxygen atoms in total. The van der Waals surface area contributed by atoms with Gasteiger partial charge in [-0.15, -0.1) is 0 Å². The maximum atomic E-state index is 13.2. The number of rotatable bonds is 5. The van der Waals surface area contributed by atoms with Crippen LogP contribution in [-0.2, 0) is 35.5 Å². The predicted molar refractivity (Wildman–Crippen MR) is 115 cm³/mol. The van der Waals surface area contributed by atoms with Gasteiger partial charge in [-0.3, -0.25) is 9.59 Å². The van der Waals surface area contributed by atoms with E-state index in [0.717, 1.165) is 53.3 Å². The van der Waals surface area contributed by atoms with Gasteiger partial charge in [-0.2, -0.15) is 0 Å². The van der Waals surface area contributed by atoms with E-state index in [1.54, 1.807) is 6.92 Å². The smallest absolute Gasteiger partial charge is 0.242 e. The number of fused-ring (bicyclic) bond motifs is 2. The standard InChI is InChI=1S/C24H27N3O4/c1-3-16-5-4-6-18-19(15(2)28)11-27(23(16)18)13-22(29)26-9-7-21-20(12-26)25-24(31-21)17-8-10-30-14-17/h4-6,11,17H,3,7-10,12-14H2,1-2H3. The lowest BCUT2D eigenvalue weighted by Gasteiger charge is -2.25. The molecule has 1 atom stereocenters. The highest BCUT2D eigenvalue weighted by Gasteiger charge is 2.30. The molecule has 162 valence electrons. The van der Waals surface area contributed by atoms with Gasteiger partial charge in [-0.25, -0.2) is 4.98 Å². The lowest BCUT2D eigenvalue weighted by atomic mass is 10.1. The quantitative estimate of drug-likeness (QED) is 0.590. The van der Waals surface area contributed by atoms with Crippen molar-refractivity contribution in [1.82, 2.24) is 14.5 Å². The van der Waals surface area contributed by atoms with Gasteiger partial charge in [-0.1, -0.05) is 25.1 Å². The second-order valence-electron chi connectivity index (χ2n) is 8.44. The minimum absolute atomic E-state index is 0.0121. The Labute approximate surface area is 181 Å². The van der Waals surface area contributed by atoms with E-state index in [2.05, 4.69) is 18.0 Å². The first-order valence-electron chi connectivity index (χ1n) is 11.0. The summed E-state index contributed by atoms with van der Waals surface area (Å²) in [6.07, 6.45) is 4.27. The van der Waals surface area contributed by atoms with Gasteiger partial charge < -0.3 is 18.6 Å². The number of aromatic nitrogens is 2. The van der Waals surface area contributed by atoms with Crippen LogP contribution < -0.4 is 0 Å². The molecule has 0 saturated carbocycles. The molecule has 1 fully saturated rings. The van der Waals surface area contributed by atoms with Crippen molar-refractivity contribution in [3.63, 3.8) is 0 Å². The summed E-state index contributed by atoms with van der Waals surface area (Å²) in [5.74, 6) is 1.89. The largest absolute Gasteiger partial charge is 0.445 e. The Morgan fingerprint density at radius 2 is 2.16 bits per heavy atom. The number of hydrogen-bond acceptors (Lipinski definition) is 5. The maximum absolute atomic E-state index is 13.2. The van der Waals surface area contributed by atoms with E-state index in [9.17, 15) is 9.59 Å². The van der Waals surface area contributed by atoms with E-state index < -0.39 is 0 Å². The van der Waals surface area contributed by atoms with Crippen LogP contribution in [0.1, 0.15) is 59.5 Å². The second-order valence-corrected chi connectivity index (χ2v) is 8.44. The summed E-state index contributed by atoms with van der Waals surface area (Å²) >= 11 is 0. The summed E-state index contributed by atoms with van der Waals surface area (Å²) in [7, 11) is 0. The van der Waals surface area contributed by atoms with Gasteiger partial charge in [-0.05, 0) is 25.3 Å². The Bertz CT molecular complexity index is 1150. The fourth-order valence-corrected chi connectivity index (χ4v) is 4.71. The molecule has 0 N–H and O–H groups in total. The van der Waals surface area contributed by atoms with Crippen LogP contribution in [-0.4, -0.2) is 45.9 Å². The van der Waals surface area contributed by atoms with Crippen LogP contribution in [0, 0.1) is 0 Å². The van der Waals surface area contributed by atoms with Crippen LogP contribution in [0.15, 0.2) is 28.8 Å². The van der Waals surface area contributed by atoms with Crippen molar-refractivity contribution in [1.29, 1.82) is 0 Å². The minimum Gasteiger partial charge on any atom is -0.445 e. The van der Waals surface area contributed by atoms with Gasteiger partial charge in [0, 0.05) is 36.7 Å². The number of ketones is 1. The average Bonchev–Trinajstić information content (AvgIpc) is 3.51. The van der Waals surface area contributed by atoms with Gasteiger partial charge in [0.25, 0.3) is 0 Å². The average molecular weight is 421 g/mol. The van der Waals surface area contributed by atoms with Crippen LogP contribution in [0.5, 0.6) is 0 Å². The molecule has 3 aromatic rings. The van der Waals surface area contributed by atoms with E-state index in [0.29, 0.717) is 31.7 Å². The van der Waals surface area contributed by atoms with Crippen LogP contribution in [0.4, 0.5) is 0 Å². The molecule has 31 heavy (non-hydrogen) atoms. The molecule has 0 bridgehead atoms. The summed E-state index contributed by atoms with van der Waals surface area (Å²) in [4.78, 5) is 31.9. The first-order valence-corrected chi connectivity index (χ1v) is 11.0. The molecule has 1 amide bonds. The highest BCUT2D eigenvalue weighted by molar-refractivity contribution is 6.07. The number of para-hydroxylation sites is 1. The number of carbonyl (C=O) groups is 2. The Balaban J connectivity index is 1.39. The topological polar surface area (TPSA) is 77.6 Å². The van der Waals surface area contributed by atoms with Crippen molar-refractivity contribution in [3.05, 3.63) is 52.9 Å². The molecule has 7 heteroatoms. The Kier molecular flexibility index (Phi) is 5.14. The predicted octanol–water partition coefficient (Wildman–Crippen LogP) is 3.48. The third-order valence-electron chi connectivity index (χ3n) is 6.42. The van der Waals surface area contributed by atoms with Crippen molar-refractivity contribution in [2.24, 2.45) is 0 Å². The summed E-state index contributed by atoms with van der Waals surface area (Å²) in [5, 5.41) is 0.917. The number of hydrogen-bond donors (Lipinski definition) is 0. The van der Waals surface area contributed by atoms with Gasteiger partial charge in [0.1, 0.15) is 18.0 Å². The second kappa shape index (κ2) is 7.96. The Morgan fingerprint density at radius 3 is 2.90 bits per heavy atom. The van der Waals surface area contributed by atoms with Gasteiger partial charge in [0.15, 0.2) is 11.7 Å². The first kappa shape index (κ1) is 20.0. The molecule has 1 aromatic carbocycles. The minimum atomic E-state index is 0.0121. The molecule has 5 rings (SSSR count). The summed E-state index contributed by atoms with van der Waals surface area (Å²) in [6.45, 7) is 6.34. The number of aryl methyl sites for hydroxylation is 1. The van der Waals surface area contributed by atoms with Crippen LogP contribution in [0.2, 0.25) is 0 Å². The van der Waals surface area contributed by atoms with E-state index in [-0.39, 0.29) is 24.2 Å². The highest BCUT2D eigenvalue weighted by atomic mass is 16.5. The van der Waals surface area contributed by atoms with Gasteiger partial charge in [0.2, 0.25) is 5.91 Å². The molecule has 2 aliphatic rings. The number of Topliss-reactive ketones (excluding diaryl/α,β-unsaturated/α-hetero) is 1. The molecule has 2 aromatic heterocycles. The van der Waals surface area contributed by atoms with Crippen LogP contribution in [0.25, 0.3) is 10.9 Å². The molecule has 1 unspecified atom stereocenters. The molecule has 1 saturated heterocycles. The monoisotopic (exact) mass is 421 g/mol. The van der Waals surface area contributed by atoms with Crippen molar-refractivity contribution >= 4 is 22.6 Å². The SMILES string of the molecule is CCc1cccc2c(C(C)=O)cn(CC(=O)N3CCc4oc(C5CCOC5)nc4C3)c12. The van der Waals surface area contributed by atoms with E-state index in [1.807, 2.05) is 27.8 Å². The van der Waals surface area contributed by atoms with Gasteiger partial charge in [0.05, 0.1) is 24.6 Å². The summed E-state index contributed by atoms with van der Waals surface area (Å²) in [6, 6.07) is 6.00. The molecule has 0 aliphatic carbocycles. The molecule has 2 aliphatic heterocycles. The van der Waals surface area contributed by atoms with Crippen molar-refractivity contribution in [2.45, 2.75) is 52.1 Å². The number of oxazole rings is 1. The normalized spacial score (nSPS) is 18.5. The lowest BCUT2D eigenvalue weighted by molar-refractivity contribution is -0.132. The highest BCUT2D eigenvalue weighted by Crippen LogP contribution is 2.30. The van der Waals surface area contributed by atoms with Crippen molar-refractivity contribution in [2.75, 3.05) is 19.8 Å². The molecule has 0 spiro atoms. The summed E-state index contributed by atoms with van der Waals surface area (Å²) < 4.78 is 13.4. The van der Waals surface area contributed by atoms with E-state index in [4.69, 9.17) is 9.15 Å². The third kappa shape index (κ3) is 3.57. The Morgan fingerprint density at radius 1 is 1.29 bits per heavy atom. The zero-order valence-corrected chi connectivity index (χ0v) is 18.0. The van der Waals surface area contributed by atoms with E-state index in [1.165, 1.54) is 0 Å². The number of benzene rings is 1. The zero-order valence-electron chi connectivity index (χ0n) is 18.0. The number of carbonyl (C=O) groups excluding carboxylic acids is 2. The molecular weight excluding hydrogens is 394 g/mol. The van der Waals surface area contributed by atoms with Crippen LogP contribution >= 0.6 is 0 Å². The molecule has 0 radical (unpaired) electrons. The van der Waals surface area contributed by atoms with Gasteiger partial charge >= 0.3 is 0 Å². The number of nitrogens with zero attached hydrogens (tertiary/aromatic N) is 3. The number of ether oxygens (including phenoxy) is 1. The molecule has 4 heterocycles. The van der Waals surface area contributed by atoms with E-state index >= 15 is 0 Å². The molecular formula is C24H27N3O4. The van der Waals surface area contributed by atoms with Crippen molar-refractivity contribution in [3.8, 4) is 0 Å². The van der Waals surface area contributed by atoms with Crippen LogP contribution in [0.3, 0.4) is 0 Å². The number of amides is 1. The fourth-order valence-electron chi connectivity index (χ4n) is 4.71. The zero-order chi connectivity index (χ0) is 21.5. The first-order chi connectivity index (χ1) is 15.0. The maximum Gasteiger partial charge on any atom is 0.242 e. The Hall–Kier alpha value is -2.93. The third-order valence-corrected chi connectivity index (χ3v) is 6.42. The van der Waals surface area contributed by atoms with Crippen molar-refractivity contribution < 1.29 is 18.7 Å². The summed E-state index contributed by atoms with van der Waals surface area (Å²) in [5.41, 5.74) is 3.64. The fraction of sp³-hybridized carbons (Fsp3) is 0.458.